The third-order valence-electron chi connectivity index (χ3n) is 0.974. The van der Waals surface area contributed by atoms with Crippen molar-refractivity contribution in [2.45, 2.75) is 39.1 Å². The van der Waals surface area contributed by atoms with E-state index in [1.54, 1.807) is 0 Å². The van der Waals surface area contributed by atoms with Crippen molar-refractivity contribution in [3.63, 3.8) is 0 Å². The van der Waals surface area contributed by atoms with Gasteiger partial charge in [-0.1, -0.05) is 0 Å². The standard InChI is InChI=1S/C8H17NO2/c1-8(2,3)9-6-4-5-7(10)11/h9H,4-6H2,1-3H3,(H,10,11)/i5D2/hD. The first kappa shape index (κ1) is 6.00. The van der Waals surface area contributed by atoms with Gasteiger partial charge in [0.1, 0.15) is 1.41 Å². The SMILES string of the molecule is [2H]N(CCC([2H])([2H])C(=O)O)C(C)(C)C. The summed E-state index contributed by atoms with van der Waals surface area (Å²) in [6.07, 6.45) is -2.42. The lowest BCUT2D eigenvalue weighted by Crippen LogP contribution is -2.36. The first-order chi connectivity index (χ1) is 6.07. The zero-order valence-electron chi connectivity index (χ0n) is 10.2. The molecule has 66 valence electrons. The number of aliphatic carboxylic acids is 1. The molecule has 0 rings (SSSR count). The second-order valence-electron chi connectivity index (χ2n) is 3.28. The Hall–Kier alpha value is -0.570. The summed E-state index contributed by atoms with van der Waals surface area (Å²) in [7, 11) is 0. The number of carboxylic acid groups (broad SMARTS) is 1. The zero-order chi connectivity index (χ0) is 11.6. The van der Waals surface area contributed by atoms with Gasteiger partial charge in [-0.05, 0) is 33.7 Å². The quantitative estimate of drug-likeness (QED) is 0.654. The number of carboxylic acids is 1. The van der Waals surface area contributed by atoms with E-state index < -0.39 is 17.9 Å². The molecule has 0 aliphatic heterocycles. The molecule has 0 spiro atoms. The summed E-state index contributed by atoms with van der Waals surface area (Å²) in [6.45, 7) is 5.55. The van der Waals surface area contributed by atoms with Crippen LogP contribution in [0.25, 0.3) is 0 Å². The van der Waals surface area contributed by atoms with Crippen LogP contribution in [-0.2, 0) is 4.79 Å². The molecule has 0 unspecified atom stereocenters. The van der Waals surface area contributed by atoms with Gasteiger partial charge in [0.2, 0.25) is 0 Å². The average Bonchev–Trinajstić information content (AvgIpc) is 1.98. The summed E-state index contributed by atoms with van der Waals surface area (Å²) in [4.78, 5) is 10.4. The smallest absolute Gasteiger partial charge is 0.303 e. The van der Waals surface area contributed by atoms with E-state index in [-0.39, 0.29) is 13.0 Å². The Morgan fingerprint density at radius 3 is 2.64 bits per heavy atom. The first-order valence-corrected chi connectivity index (χ1v) is 3.57. The van der Waals surface area contributed by atoms with E-state index in [1.165, 1.54) is 5.31 Å². The Kier molecular flexibility index (Phi) is 2.37. The lowest BCUT2D eigenvalue weighted by Gasteiger charge is -2.19. The van der Waals surface area contributed by atoms with Crippen molar-refractivity contribution in [1.82, 2.24) is 5.31 Å². The van der Waals surface area contributed by atoms with Gasteiger partial charge in [0, 0.05) is 14.7 Å². The van der Waals surface area contributed by atoms with E-state index in [0.717, 1.165) is 0 Å². The predicted molar refractivity (Wildman–Crippen MR) is 44.6 cm³/mol. The molecule has 0 aliphatic carbocycles. The lowest BCUT2D eigenvalue weighted by molar-refractivity contribution is -0.137. The minimum Gasteiger partial charge on any atom is -0.481 e. The summed E-state index contributed by atoms with van der Waals surface area (Å²) < 4.78 is 21.8. The number of nitrogens with one attached hydrogen (secondary N) is 1. The molecular formula is C8H17NO2. The molecule has 0 aromatic carbocycles. The molecule has 0 aliphatic rings. The van der Waals surface area contributed by atoms with Crippen LogP contribution in [0.4, 0.5) is 0 Å². The molecule has 0 bridgehead atoms. The molecule has 0 amide bonds. The summed E-state index contributed by atoms with van der Waals surface area (Å²) in [6, 6.07) is 0. The molecule has 0 aromatic heterocycles. The van der Waals surface area contributed by atoms with Crippen LogP contribution in [0.15, 0.2) is 0 Å². The fourth-order valence-electron chi connectivity index (χ4n) is 0.554. The largest absolute Gasteiger partial charge is 0.481 e. The molecule has 0 aromatic rings. The normalized spacial score (nSPS) is 17.3. The Morgan fingerprint density at radius 1 is 1.73 bits per heavy atom. The van der Waals surface area contributed by atoms with Gasteiger partial charge in [0.25, 0.3) is 0 Å². The summed E-state index contributed by atoms with van der Waals surface area (Å²) in [5.41, 5.74) is -0.394. The molecule has 0 fully saturated rings. The van der Waals surface area contributed by atoms with E-state index in [2.05, 4.69) is 0 Å². The van der Waals surface area contributed by atoms with Crippen LogP contribution >= 0.6 is 0 Å². The van der Waals surface area contributed by atoms with Crippen LogP contribution in [0, 0.1) is 0 Å². The van der Waals surface area contributed by atoms with Gasteiger partial charge in [-0.2, -0.15) is 0 Å². The van der Waals surface area contributed by atoms with E-state index in [1.807, 2.05) is 20.8 Å². The molecule has 0 radical (unpaired) electrons. The number of hydrogen-bond acceptors (Lipinski definition) is 2. The topological polar surface area (TPSA) is 49.3 Å². The summed E-state index contributed by atoms with van der Waals surface area (Å²) in [5, 5.41) is 9.69. The molecule has 0 saturated heterocycles. The zero-order valence-corrected chi connectivity index (χ0v) is 7.22. The Labute approximate surface area is 72.1 Å². The van der Waals surface area contributed by atoms with Crippen LogP contribution in [0.5, 0.6) is 0 Å². The molecule has 0 heterocycles. The van der Waals surface area contributed by atoms with Crippen LogP contribution in [0.3, 0.4) is 0 Å². The van der Waals surface area contributed by atoms with E-state index >= 15 is 0 Å². The third-order valence-corrected chi connectivity index (χ3v) is 0.974. The van der Waals surface area contributed by atoms with Gasteiger partial charge in [-0.25, -0.2) is 0 Å². The van der Waals surface area contributed by atoms with Crippen LogP contribution < -0.4 is 5.31 Å². The summed E-state index contributed by atoms with van der Waals surface area (Å²) >= 11 is 0. The highest BCUT2D eigenvalue weighted by Gasteiger charge is 2.07. The highest BCUT2D eigenvalue weighted by atomic mass is 16.4. The fourth-order valence-corrected chi connectivity index (χ4v) is 0.554. The predicted octanol–water partition coefficient (Wildman–Crippen LogP) is 1.24. The second kappa shape index (κ2) is 4.34. The maximum absolute atomic E-state index is 10.4. The third kappa shape index (κ3) is 9.43. The number of carbonyl (C=O) groups is 1. The maximum atomic E-state index is 10.4. The van der Waals surface area contributed by atoms with Crippen LogP contribution in [-0.4, -0.2) is 23.2 Å². The number of rotatable bonds is 4. The highest BCUT2D eigenvalue weighted by molar-refractivity contribution is 5.66. The van der Waals surface area contributed by atoms with Gasteiger partial charge in [0.15, 0.2) is 0 Å². The number of hydrogen-bond donors (Lipinski definition) is 2. The summed E-state index contributed by atoms with van der Waals surface area (Å²) in [5.74, 6) is -1.47. The molecular weight excluding hydrogens is 142 g/mol. The Bertz CT molecular complexity index is 213. The highest BCUT2D eigenvalue weighted by Crippen LogP contribution is 1.98. The second-order valence-corrected chi connectivity index (χ2v) is 3.28. The van der Waals surface area contributed by atoms with Gasteiger partial charge in [-0.3, -0.25) is 4.79 Å². The lowest BCUT2D eigenvalue weighted by atomic mass is 10.1. The van der Waals surface area contributed by atoms with Gasteiger partial charge < -0.3 is 10.4 Å². The fraction of sp³-hybridized carbons (Fsp3) is 0.875. The first-order valence-electron chi connectivity index (χ1n) is 5.02. The average molecular weight is 162 g/mol. The molecule has 0 saturated carbocycles. The van der Waals surface area contributed by atoms with Gasteiger partial charge >= 0.3 is 5.97 Å². The van der Waals surface area contributed by atoms with Crippen molar-refractivity contribution >= 4 is 5.97 Å². The molecule has 3 heteroatoms. The van der Waals surface area contributed by atoms with Crippen molar-refractivity contribution < 1.29 is 14.1 Å². The van der Waals surface area contributed by atoms with Crippen LogP contribution in [0.1, 0.15) is 36.3 Å². The molecule has 3 nitrogen and oxygen atoms in total. The Morgan fingerprint density at radius 2 is 2.27 bits per heavy atom. The van der Waals surface area contributed by atoms with E-state index in [4.69, 9.17) is 9.26 Å². The molecule has 11 heavy (non-hydrogen) atoms. The van der Waals surface area contributed by atoms with Gasteiger partial charge in [-0.15, -0.1) is 0 Å². The minimum atomic E-state index is -2.25. The monoisotopic (exact) mass is 162 g/mol. The minimum absolute atomic E-state index is 0.100. The van der Waals surface area contributed by atoms with Crippen molar-refractivity contribution in [3.05, 3.63) is 0 Å². The maximum Gasteiger partial charge on any atom is 0.303 e. The van der Waals surface area contributed by atoms with Crippen molar-refractivity contribution in [1.29, 1.82) is 0 Å². The van der Waals surface area contributed by atoms with E-state index in [9.17, 15) is 4.79 Å². The van der Waals surface area contributed by atoms with Crippen molar-refractivity contribution in [2.75, 3.05) is 6.54 Å². The van der Waals surface area contributed by atoms with Crippen molar-refractivity contribution in [2.24, 2.45) is 0 Å². The van der Waals surface area contributed by atoms with Gasteiger partial charge in [0.05, 0.1) is 0 Å². The molecule has 0 atom stereocenters. The van der Waals surface area contributed by atoms with Crippen molar-refractivity contribution in [3.8, 4) is 0 Å². The Balaban J connectivity index is 4.13. The van der Waals surface area contributed by atoms with E-state index in [0.29, 0.717) is 0 Å². The molecule has 2 N–H and O–H groups in total. The van der Waals surface area contributed by atoms with Crippen LogP contribution in [0.2, 0.25) is 1.41 Å².